The summed E-state index contributed by atoms with van der Waals surface area (Å²) in [6.45, 7) is 5.99. The van der Waals surface area contributed by atoms with Gasteiger partial charge in [-0.05, 0) is 67.7 Å². The third-order valence-corrected chi connectivity index (χ3v) is 4.19. The lowest BCUT2D eigenvalue weighted by atomic mass is 10.3. The second kappa shape index (κ2) is 6.15. The smallest absolute Gasteiger partial charge is 0.230 e. The van der Waals surface area contributed by atoms with Gasteiger partial charge in [-0.25, -0.2) is 4.98 Å². The zero-order valence-corrected chi connectivity index (χ0v) is 13.6. The normalized spacial score (nSPS) is 14.7. The topological polar surface area (TPSA) is 54.8 Å². The molecular weight excluding hydrogens is 306 g/mol. The molecule has 2 aromatic heterocycles. The average molecular weight is 322 g/mol. The molecule has 5 nitrogen and oxygen atoms in total. The van der Waals surface area contributed by atoms with Crippen LogP contribution in [0.3, 0.4) is 0 Å². The van der Waals surface area contributed by atoms with E-state index >= 15 is 0 Å². The number of aryl methyl sites for hydroxylation is 2. The summed E-state index contributed by atoms with van der Waals surface area (Å²) in [5.41, 5.74) is 2.15. The number of hydrogen-bond acceptors (Lipinski definition) is 6. The quantitative estimate of drug-likeness (QED) is 0.864. The van der Waals surface area contributed by atoms with Crippen LogP contribution in [0.15, 0.2) is 22.3 Å². The molecule has 0 radical (unpaired) electrons. The van der Waals surface area contributed by atoms with Gasteiger partial charge < -0.3 is 4.90 Å². The molecule has 0 spiro atoms. The van der Waals surface area contributed by atoms with Gasteiger partial charge >= 0.3 is 0 Å². The predicted octanol–water partition coefficient (Wildman–Crippen LogP) is 3.29. The largest absolute Gasteiger partial charge is 0.341 e. The Morgan fingerprint density at radius 1 is 1.05 bits per heavy atom. The van der Waals surface area contributed by atoms with E-state index < -0.39 is 0 Å². The summed E-state index contributed by atoms with van der Waals surface area (Å²) >= 11 is 7.45. The van der Waals surface area contributed by atoms with Crippen molar-refractivity contribution in [3.05, 3.63) is 28.7 Å². The predicted molar refractivity (Wildman–Crippen MR) is 84.1 cm³/mol. The van der Waals surface area contributed by atoms with Gasteiger partial charge in [0, 0.05) is 18.8 Å². The van der Waals surface area contributed by atoms with Crippen LogP contribution < -0.4 is 4.90 Å². The molecular formula is C14H16ClN5S. The molecule has 1 saturated heterocycles. The highest BCUT2D eigenvalue weighted by molar-refractivity contribution is 7.99. The van der Waals surface area contributed by atoms with Crippen molar-refractivity contribution in [1.29, 1.82) is 0 Å². The Balaban J connectivity index is 1.87. The van der Waals surface area contributed by atoms with Crippen LogP contribution in [0.2, 0.25) is 5.28 Å². The SMILES string of the molecule is Cc1cc(C)nc(Sc2nc(Cl)nc(N3CCCC3)n2)c1. The van der Waals surface area contributed by atoms with Crippen molar-refractivity contribution in [3.8, 4) is 0 Å². The third kappa shape index (κ3) is 3.63. The van der Waals surface area contributed by atoms with E-state index in [-0.39, 0.29) is 5.28 Å². The van der Waals surface area contributed by atoms with E-state index in [0.717, 1.165) is 23.8 Å². The first-order valence-electron chi connectivity index (χ1n) is 6.90. The maximum atomic E-state index is 6.03. The Labute approximate surface area is 133 Å². The number of nitrogens with zero attached hydrogens (tertiary/aromatic N) is 5. The van der Waals surface area contributed by atoms with Gasteiger partial charge in [0.2, 0.25) is 11.2 Å². The summed E-state index contributed by atoms with van der Waals surface area (Å²) in [4.78, 5) is 19.6. The maximum Gasteiger partial charge on any atom is 0.230 e. The second-order valence-electron chi connectivity index (χ2n) is 5.11. The van der Waals surface area contributed by atoms with E-state index in [4.69, 9.17) is 11.6 Å². The number of rotatable bonds is 3. The van der Waals surface area contributed by atoms with Crippen LogP contribution in [-0.2, 0) is 0 Å². The lowest BCUT2D eigenvalue weighted by molar-refractivity contribution is 0.825. The first kappa shape index (κ1) is 14.5. The van der Waals surface area contributed by atoms with Crippen molar-refractivity contribution in [2.45, 2.75) is 36.9 Å². The molecule has 21 heavy (non-hydrogen) atoms. The Hall–Kier alpha value is -1.40. The molecule has 3 rings (SSSR count). The molecule has 0 aromatic carbocycles. The Kier molecular flexibility index (Phi) is 4.26. The molecule has 0 atom stereocenters. The fraction of sp³-hybridized carbons (Fsp3) is 0.429. The summed E-state index contributed by atoms with van der Waals surface area (Å²) in [6, 6.07) is 4.06. The molecule has 0 bridgehead atoms. The van der Waals surface area contributed by atoms with E-state index in [1.165, 1.54) is 30.2 Å². The number of halogens is 1. The lowest BCUT2D eigenvalue weighted by Gasteiger charge is -2.15. The van der Waals surface area contributed by atoms with Crippen LogP contribution in [0.5, 0.6) is 0 Å². The molecule has 0 saturated carbocycles. The van der Waals surface area contributed by atoms with Crippen molar-refractivity contribution >= 4 is 29.3 Å². The molecule has 1 fully saturated rings. The number of hydrogen-bond donors (Lipinski definition) is 0. The summed E-state index contributed by atoms with van der Waals surface area (Å²) in [7, 11) is 0. The molecule has 0 N–H and O–H groups in total. The molecule has 1 aliphatic rings. The molecule has 3 heterocycles. The van der Waals surface area contributed by atoms with Crippen LogP contribution in [0, 0.1) is 13.8 Å². The Bertz CT molecular complexity index is 638. The molecule has 1 aliphatic heterocycles. The monoisotopic (exact) mass is 321 g/mol. The molecule has 110 valence electrons. The minimum Gasteiger partial charge on any atom is -0.341 e. The zero-order valence-electron chi connectivity index (χ0n) is 12.0. The Morgan fingerprint density at radius 3 is 2.52 bits per heavy atom. The first-order chi connectivity index (χ1) is 10.1. The van der Waals surface area contributed by atoms with Crippen LogP contribution in [0.1, 0.15) is 24.1 Å². The van der Waals surface area contributed by atoms with Gasteiger partial charge in [-0.1, -0.05) is 0 Å². The van der Waals surface area contributed by atoms with Crippen molar-refractivity contribution < 1.29 is 0 Å². The third-order valence-electron chi connectivity index (χ3n) is 3.23. The van der Waals surface area contributed by atoms with Gasteiger partial charge in [0.15, 0.2) is 5.16 Å². The first-order valence-corrected chi connectivity index (χ1v) is 8.09. The minimum atomic E-state index is 0.235. The molecule has 0 amide bonds. The molecule has 7 heteroatoms. The van der Waals surface area contributed by atoms with Gasteiger partial charge in [-0.15, -0.1) is 0 Å². The molecule has 2 aromatic rings. The summed E-state index contributed by atoms with van der Waals surface area (Å²) in [5, 5.41) is 1.70. The maximum absolute atomic E-state index is 6.03. The van der Waals surface area contributed by atoms with E-state index in [1.54, 1.807) is 0 Å². The van der Waals surface area contributed by atoms with E-state index in [1.807, 2.05) is 19.1 Å². The van der Waals surface area contributed by atoms with Crippen LogP contribution >= 0.6 is 23.4 Å². The highest BCUT2D eigenvalue weighted by atomic mass is 35.5. The molecule has 0 aliphatic carbocycles. The van der Waals surface area contributed by atoms with E-state index in [9.17, 15) is 0 Å². The Morgan fingerprint density at radius 2 is 1.81 bits per heavy atom. The van der Waals surface area contributed by atoms with Gasteiger partial charge in [-0.3, -0.25) is 0 Å². The second-order valence-corrected chi connectivity index (χ2v) is 6.43. The zero-order chi connectivity index (χ0) is 14.8. The lowest BCUT2D eigenvalue weighted by Crippen LogP contribution is -2.21. The standard InChI is InChI=1S/C14H16ClN5S/c1-9-7-10(2)16-11(8-9)21-14-18-12(15)17-13(19-14)20-5-3-4-6-20/h7-8H,3-6H2,1-2H3. The number of aromatic nitrogens is 4. The summed E-state index contributed by atoms with van der Waals surface area (Å²) in [6.07, 6.45) is 2.34. The van der Waals surface area contributed by atoms with Gasteiger partial charge in [-0.2, -0.15) is 15.0 Å². The van der Waals surface area contributed by atoms with Gasteiger partial charge in [0.1, 0.15) is 5.03 Å². The van der Waals surface area contributed by atoms with Gasteiger partial charge in [0.05, 0.1) is 0 Å². The van der Waals surface area contributed by atoms with Crippen LogP contribution in [0.4, 0.5) is 5.95 Å². The van der Waals surface area contributed by atoms with Crippen LogP contribution in [-0.4, -0.2) is 33.0 Å². The number of anilines is 1. The highest BCUT2D eigenvalue weighted by Gasteiger charge is 2.17. The average Bonchev–Trinajstić information content (AvgIpc) is 2.90. The minimum absolute atomic E-state index is 0.235. The van der Waals surface area contributed by atoms with E-state index in [2.05, 4.69) is 31.8 Å². The van der Waals surface area contributed by atoms with Gasteiger partial charge in [0.25, 0.3) is 0 Å². The summed E-state index contributed by atoms with van der Waals surface area (Å²) < 4.78 is 0. The van der Waals surface area contributed by atoms with Crippen molar-refractivity contribution in [2.75, 3.05) is 18.0 Å². The fourth-order valence-electron chi connectivity index (χ4n) is 2.38. The van der Waals surface area contributed by atoms with Crippen molar-refractivity contribution in [3.63, 3.8) is 0 Å². The van der Waals surface area contributed by atoms with E-state index in [0.29, 0.717) is 11.1 Å². The highest BCUT2D eigenvalue weighted by Crippen LogP contribution is 2.27. The number of pyridine rings is 1. The fourth-order valence-corrected chi connectivity index (χ4v) is 3.46. The van der Waals surface area contributed by atoms with Crippen molar-refractivity contribution in [1.82, 2.24) is 19.9 Å². The molecule has 0 unspecified atom stereocenters. The van der Waals surface area contributed by atoms with Crippen molar-refractivity contribution in [2.24, 2.45) is 0 Å². The summed E-state index contributed by atoms with van der Waals surface area (Å²) in [5.74, 6) is 0.666. The van der Waals surface area contributed by atoms with Crippen LogP contribution in [0.25, 0.3) is 0 Å².